The summed E-state index contributed by atoms with van der Waals surface area (Å²) in [6.45, 7) is 3.83. The fraction of sp³-hybridized carbons (Fsp3) is 0.227. The van der Waals surface area contributed by atoms with Gasteiger partial charge in [0, 0.05) is 35.9 Å². The van der Waals surface area contributed by atoms with Crippen molar-refractivity contribution in [3.8, 4) is 0 Å². The molecule has 1 saturated heterocycles. The molecule has 0 unspecified atom stereocenters. The molecule has 29 heavy (non-hydrogen) atoms. The van der Waals surface area contributed by atoms with E-state index in [4.69, 9.17) is 12.2 Å². The number of carbonyl (C=O) groups excluding carboxylic acids is 1. The van der Waals surface area contributed by atoms with Crippen LogP contribution in [0.2, 0.25) is 0 Å². The lowest BCUT2D eigenvalue weighted by molar-refractivity contribution is -0.115. The van der Waals surface area contributed by atoms with Crippen LogP contribution in [-0.2, 0) is 4.79 Å². The van der Waals surface area contributed by atoms with Crippen LogP contribution in [0.1, 0.15) is 42.4 Å². The zero-order valence-corrected chi connectivity index (χ0v) is 17.2. The van der Waals surface area contributed by atoms with Crippen molar-refractivity contribution in [2.75, 3.05) is 10.2 Å². The highest BCUT2D eigenvalue weighted by molar-refractivity contribution is 7.80. The molecule has 2 aromatic heterocycles. The lowest BCUT2D eigenvalue weighted by atomic mass is 10.0. The Kier molecular flexibility index (Phi) is 5.31. The number of nitrogens with one attached hydrogen (secondary N) is 3. The van der Waals surface area contributed by atoms with E-state index >= 15 is 0 Å². The molecule has 0 spiro atoms. The molecule has 6 nitrogen and oxygen atoms in total. The topological polar surface area (TPSA) is 73.1 Å². The van der Waals surface area contributed by atoms with Crippen molar-refractivity contribution in [1.82, 2.24) is 15.3 Å². The van der Waals surface area contributed by atoms with Gasteiger partial charge in [0.1, 0.15) is 6.04 Å². The highest BCUT2D eigenvalue weighted by Gasteiger charge is 2.41. The minimum Gasteiger partial charge on any atom is -0.363 e. The maximum Gasteiger partial charge on any atom is 0.224 e. The maximum absolute atomic E-state index is 11.8. The van der Waals surface area contributed by atoms with Crippen LogP contribution >= 0.6 is 12.2 Å². The van der Waals surface area contributed by atoms with Crippen LogP contribution in [0, 0.1) is 6.92 Å². The maximum atomic E-state index is 11.8. The van der Waals surface area contributed by atoms with Gasteiger partial charge >= 0.3 is 0 Å². The zero-order valence-electron chi connectivity index (χ0n) is 16.3. The monoisotopic (exact) mass is 405 g/mol. The van der Waals surface area contributed by atoms with Crippen molar-refractivity contribution in [2.24, 2.45) is 0 Å². The van der Waals surface area contributed by atoms with Gasteiger partial charge in [-0.3, -0.25) is 9.78 Å². The number of H-pyrrole nitrogens is 1. The van der Waals surface area contributed by atoms with E-state index in [1.165, 1.54) is 0 Å². The molecular formula is C22H23N5OS. The zero-order chi connectivity index (χ0) is 20.4. The number of carbonyl (C=O) groups is 1. The van der Waals surface area contributed by atoms with Crippen LogP contribution in [0.4, 0.5) is 11.4 Å². The van der Waals surface area contributed by atoms with Gasteiger partial charge in [-0.05, 0) is 67.2 Å². The molecule has 0 bridgehead atoms. The molecular weight excluding hydrogens is 382 g/mol. The summed E-state index contributed by atoms with van der Waals surface area (Å²) in [7, 11) is 0. The second-order valence-corrected chi connectivity index (χ2v) is 7.41. The number of aryl methyl sites for hydroxylation is 1. The van der Waals surface area contributed by atoms with Gasteiger partial charge in [0.05, 0.1) is 11.7 Å². The fourth-order valence-corrected chi connectivity index (χ4v) is 4.00. The second kappa shape index (κ2) is 8.05. The summed E-state index contributed by atoms with van der Waals surface area (Å²) in [5.41, 5.74) is 4.75. The number of hydrogen-bond acceptors (Lipinski definition) is 3. The molecule has 0 aliphatic carbocycles. The third-order valence-corrected chi connectivity index (χ3v) is 5.44. The van der Waals surface area contributed by atoms with E-state index in [-0.39, 0.29) is 18.0 Å². The fourth-order valence-electron chi connectivity index (χ4n) is 3.65. The van der Waals surface area contributed by atoms with Crippen LogP contribution in [0.5, 0.6) is 0 Å². The number of aromatic nitrogens is 2. The van der Waals surface area contributed by atoms with Gasteiger partial charge < -0.3 is 20.5 Å². The van der Waals surface area contributed by atoms with Gasteiger partial charge in [0.2, 0.25) is 5.91 Å². The van der Waals surface area contributed by atoms with E-state index in [1.807, 2.05) is 56.4 Å². The van der Waals surface area contributed by atoms with Crippen molar-refractivity contribution >= 4 is 34.6 Å². The Morgan fingerprint density at radius 2 is 2.10 bits per heavy atom. The Morgan fingerprint density at radius 1 is 1.24 bits per heavy atom. The average Bonchev–Trinajstić information content (AvgIpc) is 3.37. The summed E-state index contributed by atoms with van der Waals surface area (Å²) in [6, 6.07) is 15.8. The summed E-state index contributed by atoms with van der Waals surface area (Å²) in [5.74, 6) is -0.00121. The van der Waals surface area contributed by atoms with Gasteiger partial charge in [-0.25, -0.2) is 0 Å². The normalized spacial score (nSPS) is 18.6. The van der Waals surface area contributed by atoms with E-state index in [9.17, 15) is 4.79 Å². The lowest BCUT2D eigenvalue weighted by Gasteiger charge is -2.27. The summed E-state index contributed by atoms with van der Waals surface area (Å²) in [5, 5.41) is 7.02. The Bertz CT molecular complexity index is 1020. The van der Waals surface area contributed by atoms with Gasteiger partial charge in [0.15, 0.2) is 5.11 Å². The van der Waals surface area contributed by atoms with E-state index in [0.29, 0.717) is 11.5 Å². The third-order valence-electron chi connectivity index (χ3n) is 5.12. The highest BCUT2D eigenvalue weighted by Crippen LogP contribution is 2.41. The Labute approximate surface area is 175 Å². The summed E-state index contributed by atoms with van der Waals surface area (Å²) in [6.07, 6.45) is 4.16. The van der Waals surface area contributed by atoms with Crippen LogP contribution in [0.15, 0.2) is 60.9 Å². The number of nitrogens with zero attached hydrogens (tertiary/aromatic N) is 2. The van der Waals surface area contributed by atoms with E-state index in [1.54, 1.807) is 6.20 Å². The SMILES string of the molecule is CCC(=O)Nc1ccc(N2C(=S)N[C@@H](c3ccccn3)[C@@H]2c2ccc[nH]2)cc1C. The first-order chi connectivity index (χ1) is 14.1. The third kappa shape index (κ3) is 3.73. The molecule has 148 valence electrons. The van der Waals surface area contributed by atoms with Crippen LogP contribution in [-0.4, -0.2) is 21.0 Å². The molecule has 0 saturated carbocycles. The predicted molar refractivity (Wildman–Crippen MR) is 119 cm³/mol. The molecule has 1 aromatic carbocycles. The minimum absolute atomic E-state index is 0.00121. The first-order valence-electron chi connectivity index (χ1n) is 9.63. The number of aromatic amines is 1. The van der Waals surface area contributed by atoms with E-state index in [0.717, 1.165) is 28.3 Å². The summed E-state index contributed by atoms with van der Waals surface area (Å²) >= 11 is 5.72. The number of hydrogen-bond donors (Lipinski definition) is 3. The number of benzene rings is 1. The molecule has 4 rings (SSSR count). The first-order valence-corrected chi connectivity index (χ1v) is 10.0. The molecule has 0 radical (unpaired) electrons. The molecule has 1 aliphatic heterocycles. The number of anilines is 2. The van der Waals surface area contributed by atoms with Gasteiger partial charge in [-0.15, -0.1) is 0 Å². The summed E-state index contributed by atoms with van der Waals surface area (Å²) in [4.78, 5) is 21.8. The molecule has 3 N–H and O–H groups in total. The van der Waals surface area contributed by atoms with Crippen LogP contribution < -0.4 is 15.5 Å². The van der Waals surface area contributed by atoms with Crippen molar-refractivity contribution < 1.29 is 4.79 Å². The Morgan fingerprint density at radius 3 is 2.76 bits per heavy atom. The number of pyridine rings is 1. The largest absolute Gasteiger partial charge is 0.363 e. The number of amides is 1. The second-order valence-electron chi connectivity index (χ2n) is 7.02. The molecule has 1 amide bonds. The quantitative estimate of drug-likeness (QED) is 0.554. The molecule has 7 heteroatoms. The van der Waals surface area contributed by atoms with Gasteiger partial charge in [-0.2, -0.15) is 0 Å². The van der Waals surface area contributed by atoms with E-state index < -0.39 is 0 Å². The van der Waals surface area contributed by atoms with Crippen molar-refractivity contribution in [2.45, 2.75) is 32.4 Å². The smallest absolute Gasteiger partial charge is 0.224 e. The molecule has 1 aliphatic rings. The van der Waals surface area contributed by atoms with E-state index in [2.05, 4.69) is 37.6 Å². The predicted octanol–water partition coefficient (Wildman–Crippen LogP) is 4.24. The first kappa shape index (κ1) is 19.1. The molecule has 3 heterocycles. The van der Waals surface area contributed by atoms with Crippen molar-refractivity contribution in [3.05, 3.63) is 77.9 Å². The standard InChI is InChI=1S/C22H23N5OS/c1-3-19(28)25-16-10-9-15(13-14(16)2)27-21(18-8-6-12-24-18)20(26-22(27)29)17-7-4-5-11-23-17/h4-13,20-21,24H,3H2,1-2H3,(H,25,28)(H,26,29)/t20-,21-/m0/s1. The Hall–Kier alpha value is -3.19. The van der Waals surface area contributed by atoms with Gasteiger partial charge in [-0.1, -0.05) is 13.0 Å². The van der Waals surface area contributed by atoms with Crippen molar-refractivity contribution in [1.29, 1.82) is 0 Å². The van der Waals surface area contributed by atoms with Crippen molar-refractivity contribution in [3.63, 3.8) is 0 Å². The molecule has 2 atom stereocenters. The minimum atomic E-state index is -0.0814. The molecule has 1 fully saturated rings. The number of thiocarbonyl (C=S) groups is 1. The molecule has 3 aromatic rings. The average molecular weight is 406 g/mol. The lowest BCUT2D eigenvalue weighted by Crippen LogP contribution is -2.29. The number of rotatable bonds is 5. The Balaban J connectivity index is 1.73. The highest BCUT2D eigenvalue weighted by atomic mass is 32.1. The van der Waals surface area contributed by atoms with Crippen LogP contribution in [0.25, 0.3) is 0 Å². The van der Waals surface area contributed by atoms with Crippen LogP contribution in [0.3, 0.4) is 0 Å². The van der Waals surface area contributed by atoms with Gasteiger partial charge in [0.25, 0.3) is 0 Å². The summed E-state index contributed by atoms with van der Waals surface area (Å²) < 4.78 is 0.